The third-order valence-corrected chi connectivity index (χ3v) is 2.98. The minimum atomic E-state index is 0.0376. The van der Waals surface area contributed by atoms with Gasteiger partial charge in [-0.1, -0.05) is 40.2 Å². The molecule has 0 saturated heterocycles. The van der Waals surface area contributed by atoms with Crippen molar-refractivity contribution in [2.75, 3.05) is 5.33 Å². The summed E-state index contributed by atoms with van der Waals surface area (Å²) < 4.78 is 13.4. The molecule has 2 rings (SSSR count). The van der Waals surface area contributed by atoms with Gasteiger partial charge in [-0.05, 0) is 17.5 Å². The summed E-state index contributed by atoms with van der Waals surface area (Å²) in [5.74, 6) is 0.0376. The summed E-state index contributed by atoms with van der Waals surface area (Å²) >= 11 is 3.32. The SMILES string of the molecule is FC1=C(CBr)c2ccccc2CC1. The number of fused-ring (bicyclic) bond motifs is 1. The number of hydrogen-bond acceptors (Lipinski definition) is 0. The van der Waals surface area contributed by atoms with Crippen LogP contribution in [-0.2, 0) is 6.42 Å². The Morgan fingerprint density at radius 1 is 1.23 bits per heavy atom. The van der Waals surface area contributed by atoms with E-state index in [1.54, 1.807) is 0 Å². The van der Waals surface area contributed by atoms with Gasteiger partial charge in [0.25, 0.3) is 0 Å². The molecule has 68 valence electrons. The molecule has 0 heterocycles. The molecule has 0 saturated carbocycles. The lowest BCUT2D eigenvalue weighted by Gasteiger charge is -2.17. The van der Waals surface area contributed by atoms with Crippen LogP contribution in [0.2, 0.25) is 0 Å². The highest BCUT2D eigenvalue weighted by Gasteiger charge is 2.16. The van der Waals surface area contributed by atoms with Crippen LogP contribution in [0, 0.1) is 0 Å². The van der Waals surface area contributed by atoms with Crippen molar-refractivity contribution < 1.29 is 4.39 Å². The molecule has 0 nitrogen and oxygen atoms in total. The Morgan fingerprint density at radius 3 is 2.77 bits per heavy atom. The highest BCUT2D eigenvalue weighted by molar-refractivity contribution is 9.09. The molecule has 0 radical (unpaired) electrons. The van der Waals surface area contributed by atoms with Gasteiger partial charge in [0.1, 0.15) is 5.83 Å². The van der Waals surface area contributed by atoms with Crippen molar-refractivity contribution in [1.82, 2.24) is 0 Å². The van der Waals surface area contributed by atoms with Crippen LogP contribution in [0.15, 0.2) is 30.1 Å². The van der Waals surface area contributed by atoms with Gasteiger partial charge in [0.2, 0.25) is 0 Å². The van der Waals surface area contributed by atoms with Gasteiger partial charge in [0, 0.05) is 17.3 Å². The lowest BCUT2D eigenvalue weighted by molar-refractivity contribution is 0.585. The standard InChI is InChI=1S/C11H10BrF/c12-7-10-9-4-2-1-3-8(9)5-6-11(10)13/h1-4H,5-7H2. The fraction of sp³-hybridized carbons (Fsp3) is 0.273. The van der Waals surface area contributed by atoms with Crippen molar-refractivity contribution in [2.45, 2.75) is 12.8 Å². The third kappa shape index (κ3) is 1.55. The van der Waals surface area contributed by atoms with E-state index in [1.807, 2.05) is 18.2 Å². The van der Waals surface area contributed by atoms with E-state index in [0.717, 1.165) is 17.6 Å². The van der Waals surface area contributed by atoms with Crippen molar-refractivity contribution >= 4 is 21.5 Å². The summed E-state index contributed by atoms with van der Waals surface area (Å²) in [6.07, 6.45) is 1.39. The fourth-order valence-corrected chi connectivity index (χ4v) is 2.32. The molecule has 13 heavy (non-hydrogen) atoms. The van der Waals surface area contributed by atoms with Crippen molar-refractivity contribution in [1.29, 1.82) is 0 Å². The zero-order chi connectivity index (χ0) is 9.26. The van der Waals surface area contributed by atoms with E-state index in [-0.39, 0.29) is 5.83 Å². The highest BCUT2D eigenvalue weighted by Crippen LogP contribution is 2.32. The second kappa shape index (κ2) is 3.62. The summed E-state index contributed by atoms with van der Waals surface area (Å²) in [7, 11) is 0. The van der Waals surface area contributed by atoms with Crippen LogP contribution in [0.3, 0.4) is 0 Å². The predicted molar refractivity (Wildman–Crippen MR) is 56.6 cm³/mol. The molecule has 0 atom stereocenters. The molecule has 1 aliphatic rings. The Kier molecular flexibility index (Phi) is 2.49. The van der Waals surface area contributed by atoms with Gasteiger partial charge in [-0.15, -0.1) is 0 Å². The molecule has 0 fully saturated rings. The van der Waals surface area contributed by atoms with Crippen molar-refractivity contribution in [2.24, 2.45) is 0 Å². The number of benzene rings is 1. The molecule has 2 heteroatoms. The molecular weight excluding hydrogens is 231 g/mol. The minimum absolute atomic E-state index is 0.0376. The maximum atomic E-state index is 13.4. The fourth-order valence-electron chi connectivity index (χ4n) is 1.72. The van der Waals surface area contributed by atoms with Crippen molar-refractivity contribution in [3.63, 3.8) is 0 Å². The summed E-state index contributed by atoms with van der Waals surface area (Å²) in [5, 5.41) is 0.607. The van der Waals surface area contributed by atoms with E-state index in [4.69, 9.17) is 0 Å². The maximum absolute atomic E-state index is 13.4. The molecule has 1 aromatic rings. The average molecular weight is 241 g/mol. The van der Waals surface area contributed by atoms with Gasteiger partial charge in [-0.3, -0.25) is 0 Å². The van der Waals surface area contributed by atoms with E-state index in [9.17, 15) is 4.39 Å². The Hall–Kier alpha value is -0.630. The van der Waals surface area contributed by atoms with Gasteiger partial charge in [-0.25, -0.2) is 4.39 Å². The molecule has 1 aliphatic carbocycles. The Labute approximate surface area is 85.6 Å². The van der Waals surface area contributed by atoms with Crippen LogP contribution in [0.25, 0.3) is 5.57 Å². The molecule has 0 aromatic heterocycles. The van der Waals surface area contributed by atoms with Gasteiger partial charge >= 0.3 is 0 Å². The lowest BCUT2D eigenvalue weighted by atomic mass is 9.91. The lowest BCUT2D eigenvalue weighted by Crippen LogP contribution is -2.03. The zero-order valence-electron chi connectivity index (χ0n) is 7.19. The maximum Gasteiger partial charge on any atom is 0.105 e. The first-order valence-corrected chi connectivity index (χ1v) is 5.47. The number of rotatable bonds is 1. The van der Waals surface area contributed by atoms with E-state index in [2.05, 4.69) is 22.0 Å². The van der Waals surface area contributed by atoms with Gasteiger partial charge in [0.05, 0.1) is 0 Å². The monoisotopic (exact) mass is 240 g/mol. The summed E-state index contributed by atoms with van der Waals surface area (Å²) in [6, 6.07) is 8.03. The molecule has 0 amide bonds. The zero-order valence-corrected chi connectivity index (χ0v) is 8.77. The topological polar surface area (TPSA) is 0 Å². The number of aryl methyl sites for hydroxylation is 1. The van der Waals surface area contributed by atoms with Crippen LogP contribution < -0.4 is 0 Å². The summed E-state index contributed by atoms with van der Waals surface area (Å²) in [4.78, 5) is 0. The summed E-state index contributed by atoms with van der Waals surface area (Å²) in [6.45, 7) is 0. The normalized spacial score (nSPS) is 15.8. The largest absolute Gasteiger partial charge is 0.211 e. The van der Waals surface area contributed by atoms with Crippen LogP contribution in [0.1, 0.15) is 17.5 Å². The number of halogens is 2. The minimum Gasteiger partial charge on any atom is -0.211 e. The third-order valence-electron chi connectivity index (χ3n) is 2.42. The Balaban J connectivity index is 2.55. The molecule has 0 N–H and O–H groups in total. The average Bonchev–Trinajstić information content (AvgIpc) is 2.18. The molecule has 0 unspecified atom stereocenters. The quantitative estimate of drug-likeness (QED) is 0.657. The van der Waals surface area contributed by atoms with Gasteiger partial charge in [0.15, 0.2) is 0 Å². The number of hydrogen-bond donors (Lipinski definition) is 0. The van der Waals surface area contributed by atoms with Gasteiger partial charge < -0.3 is 0 Å². The Bertz CT molecular complexity index is 355. The number of alkyl halides is 1. The number of allylic oxidation sites excluding steroid dienone is 2. The molecular formula is C11H10BrF. The summed E-state index contributed by atoms with van der Waals surface area (Å²) in [5.41, 5.74) is 3.16. The smallest absolute Gasteiger partial charge is 0.105 e. The van der Waals surface area contributed by atoms with Crippen molar-refractivity contribution in [3.05, 3.63) is 41.2 Å². The van der Waals surface area contributed by atoms with Crippen LogP contribution >= 0.6 is 15.9 Å². The first-order chi connectivity index (χ1) is 6.33. The van der Waals surface area contributed by atoms with E-state index in [1.165, 1.54) is 5.56 Å². The van der Waals surface area contributed by atoms with Crippen LogP contribution in [-0.4, -0.2) is 5.33 Å². The van der Waals surface area contributed by atoms with E-state index in [0.29, 0.717) is 11.8 Å². The van der Waals surface area contributed by atoms with Gasteiger partial charge in [-0.2, -0.15) is 0 Å². The molecule has 0 aliphatic heterocycles. The second-order valence-corrected chi connectivity index (χ2v) is 3.73. The first-order valence-electron chi connectivity index (χ1n) is 4.34. The van der Waals surface area contributed by atoms with Crippen molar-refractivity contribution in [3.8, 4) is 0 Å². The first kappa shape index (κ1) is 8.95. The second-order valence-electron chi connectivity index (χ2n) is 3.17. The molecule has 0 bridgehead atoms. The molecule has 1 aromatic carbocycles. The Morgan fingerprint density at radius 2 is 2.00 bits per heavy atom. The van der Waals surface area contributed by atoms with Crippen LogP contribution in [0.5, 0.6) is 0 Å². The van der Waals surface area contributed by atoms with E-state index < -0.39 is 0 Å². The predicted octanol–water partition coefficient (Wildman–Crippen LogP) is 3.71. The van der Waals surface area contributed by atoms with Crippen LogP contribution in [0.4, 0.5) is 4.39 Å². The van der Waals surface area contributed by atoms with E-state index >= 15 is 0 Å². The molecule has 0 spiro atoms. The highest BCUT2D eigenvalue weighted by atomic mass is 79.9.